The number of amides is 1. The molecule has 1 aliphatic heterocycles. The third-order valence-corrected chi connectivity index (χ3v) is 2.72. The lowest BCUT2D eigenvalue weighted by molar-refractivity contribution is -0.141. The number of hydrogen-bond acceptors (Lipinski definition) is 4. The first-order valence-corrected chi connectivity index (χ1v) is 5.71. The zero-order chi connectivity index (χ0) is 12.0. The summed E-state index contributed by atoms with van der Waals surface area (Å²) in [5, 5.41) is 3.28. The molecule has 1 N–H and O–H groups in total. The number of carbonyl (C=O) groups excluding carboxylic acids is 2. The number of ether oxygens (including phenoxy) is 1. The molecule has 0 aliphatic carbocycles. The number of esters is 1. The van der Waals surface area contributed by atoms with E-state index in [0.29, 0.717) is 25.3 Å². The Labute approximate surface area is 96.1 Å². The van der Waals surface area contributed by atoms with Crippen molar-refractivity contribution in [3.8, 4) is 0 Å². The van der Waals surface area contributed by atoms with E-state index < -0.39 is 0 Å². The Morgan fingerprint density at radius 3 is 2.81 bits per heavy atom. The summed E-state index contributed by atoms with van der Waals surface area (Å²) in [6.07, 6.45) is 1.33. The number of piperazine rings is 1. The van der Waals surface area contributed by atoms with E-state index in [9.17, 15) is 9.59 Å². The molecule has 0 radical (unpaired) electrons. The van der Waals surface area contributed by atoms with Crippen LogP contribution in [0.25, 0.3) is 0 Å². The molecule has 16 heavy (non-hydrogen) atoms. The fourth-order valence-electron chi connectivity index (χ4n) is 1.80. The largest absolute Gasteiger partial charge is 0.469 e. The molecular weight excluding hydrogens is 208 g/mol. The quantitative estimate of drug-likeness (QED) is 0.696. The standard InChI is InChI=1S/C11H20N2O3/c1-9-8-13(7-6-12-9)10(14)4-3-5-11(15)16-2/h9,12H,3-8H2,1-2H3. The summed E-state index contributed by atoms with van der Waals surface area (Å²) in [4.78, 5) is 24.5. The minimum atomic E-state index is -0.249. The van der Waals surface area contributed by atoms with Crippen molar-refractivity contribution >= 4 is 11.9 Å². The van der Waals surface area contributed by atoms with E-state index in [1.807, 2.05) is 4.90 Å². The van der Waals surface area contributed by atoms with Crippen molar-refractivity contribution in [1.82, 2.24) is 10.2 Å². The van der Waals surface area contributed by atoms with Gasteiger partial charge in [-0.05, 0) is 13.3 Å². The maximum atomic E-state index is 11.8. The highest BCUT2D eigenvalue weighted by atomic mass is 16.5. The van der Waals surface area contributed by atoms with Crippen molar-refractivity contribution in [2.75, 3.05) is 26.7 Å². The van der Waals surface area contributed by atoms with Crippen LogP contribution >= 0.6 is 0 Å². The van der Waals surface area contributed by atoms with Crippen LogP contribution in [0.2, 0.25) is 0 Å². The number of rotatable bonds is 4. The van der Waals surface area contributed by atoms with Crippen molar-refractivity contribution in [1.29, 1.82) is 0 Å². The van der Waals surface area contributed by atoms with Crippen LogP contribution in [-0.2, 0) is 14.3 Å². The summed E-state index contributed by atoms with van der Waals surface area (Å²) < 4.78 is 4.52. The average molecular weight is 228 g/mol. The zero-order valence-electron chi connectivity index (χ0n) is 9.99. The molecular formula is C11H20N2O3. The number of methoxy groups -OCH3 is 1. The third-order valence-electron chi connectivity index (χ3n) is 2.72. The second kappa shape index (κ2) is 6.48. The van der Waals surface area contributed by atoms with E-state index in [1.54, 1.807) is 0 Å². The fourth-order valence-corrected chi connectivity index (χ4v) is 1.80. The monoisotopic (exact) mass is 228 g/mol. The minimum absolute atomic E-state index is 0.136. The predicted octanol–water partition coefficient (Wildman–Crippen LogP) is 0.150. The van der Waals surface area contributed by atoms with Gasteiger partial charge in [0.15, 0.2) is 0 Å². The molecule has 1 rings (SSSR count). The highest BCUT2D eigenvalue weighted by Gasteiger charge is 2.19. The summed E-state index contributed by atoms with van der Waals surface area (Å²) >= 11 is 0. The van der Waals surface area contributed by atoms with Gasteiger partial charge in [-0.25, -0.2) is 0 Å². The van der Waals surface area contributed by atoms with Crippen molar-refractivity contribution < 1.29 is 14.3 Å². The summed E-state index contributed by atoms with van der Waals surface area (Å²) in [7, 11) is 1.36. The third kappa shape index (κ3) is 4.18. The highest BCUT2D eigenvalue weighted by Crippen LogP contribution is 2.05. The van der Waals surface area contributed by atoms with E-state index in [0.717, 1.165) is 19.6 Å². The zero-order valence-corrected chi connectivity index (χ0v) is 9.99. The Morgan fingerprint density at radius 1 is 1.44 bits per heavy atom. The Morgan fingerprint density at radius 2 is 2.19 bits per heavy atom. The smallest absolute Gasteiger partial charge is 0.305 e. The minimum Gasteiger partial charge on any atom is -0.469 e. The molecule has 0 spiro atoms. The van der Waals surface area contributed by atoms with Gasteiger partial charge in [-0.3, -0.25) is 9.59 Å². The molecule has 1 saturated heterocycles. The molecule has 0 saturated carbocycles. The molecule has 0 bridgehead atoms. The molecule has 5 nitrogen and oxygen atoms in total. The summed E-state index contributed by atoms with van der Waals surface area (Å²) in [5.41, 5.74) is 0. The fraction of sp³-hybridized carbons (Fsp3) is 0.818. The Bertz CT molecular complexity index is 256. The highest BCUT2D eigenvalue weighted by molar-refractivity contribution is 5.77. The molecule has 0 aromatic rings. The van der Waals surface area contributed by atoms with Crippen LogP contribution in [0.4, 0.5) is 0 Å². The molecule has 1 amide bonds. The summed E-state index contributed by atoms with van der Waals surface area (Å²) in [5.74, 6) is -0.112. The van der Waals surface area contributed by atoms with Gasteiger partial charge in [0, 0.05) is 38.5 Å². The summed E-state index contributed by atoms with van der Waals surface area (Å²) in [6.45, 7) is 4.44. The van der Waals surface area contributed by atoms with Crippen molar-refractivity contribution in [2.45, 2.75) is 32.2 Å². The van der Waals surface area contributed by atoms with Gasteiger partial charge in [-0.15, -0.1) is 0 Å². The second-order valence-electron chi connectivity index (χ2n) is 4.12. The van der Waals surface area contributed by atoms with Gasteiger partial charge in [-0.1, -0.05) is 0 Å². The van der Waals surface area contributed by atoms with Crippen LogP contribution in [-0.4, -0.2) is 49.6 Å². The van der Waals surface area contributed by atoms with Crippen LogP contribution in [0, 0.1) is 0 Å². The molecule has 0 aromatic heterocycles. The van der Waals surface area contributed by atoms with Gasteiger partial charge < -0.3 is 15.0 Å². The van der Waals surface area contributed by atoms with Crippen molar-refractivity contribution in [3.05, 3.63) is 0 Å². The van der Waals surface area contributed by atoms with Crippen LogP contribution in [0.5, 0.6) is 0 Å². The van der Waals surface area contributed by atoms with Crippen LogP contribution in [0.15, 0.2) is 0 Å². The first-order valence-electron chi connectivity index (χ1n) is 5.71. The molecule has 1 atom stereocenters. The molecule has 1 unspecified atom stereocenters. The van der Waals surface area contributed by atoms with Crippen LogP contribution < -0.4 is 5.32 Å². The molecule has 1 heterocycles. The van der Waals surface area contributed by atoms with E-state index in [1.165, 1.54) is 7.11 Å². The molecule has 92 valence electrons. The first-order chi connectivity index (χ1) is 7.63. The maximum absolute atomic E-state index is 11.8. The van der Waals surface area contributed by atoms with E-state index in [-0.39, 0.29) is 11.9 Å². The lowest BCUT2D eigenvalue weighted by Crippen LogP contribution is -2.51. The van der Waals surface area contributed by atoms with E-state index in [2.05, 4.69) is 17.0 Å². The van der Waals surface area contributed by atoms with Gasteiger partial charge in [0.2, 0.25) is 5.91 Å². The van der Waals surface area contributed by atoms with Crippen molar-refractivity contribution in [3.63, 3.8) is 0 Å². The van der Waals surface area contributed by atoms with Gasteiger partial charge in [0.1, 0.15) is 0 Å². The predicted molar refractivity (Wildman–Crippen MR) is 59.9 cm³/mol. The van der Waals surface area contributed by atoms with Gasteiger partial charge in [0.05, 0.1) is 7.11 Å². The normalized spacial score (nSPS) is 20.6. The van der Waals surface area contributed by atoms with E-state index >= 15 is 0 Å². The van der Waals surface area contributed by atoms with Crippen LogP contribution in [0.1, 0.15) is 26.2 Å². The van der Waals surface area contributed by atoms with Gasteiger partial charge >= 0.3 is 5.97 Å². The molecule has 0 aromatic carbocycles. The Hall–Kier alpha value is -1.10. The first kappa shape index (κ1) is 13.0. The SMILES string of the molecule is COC(=O)CCCC(=O)N1CCNC(C)C1. The van der Waals surface area contributed by atoms with Crippen molar-refractivity contribution in [2.24, 2.45) is 0 Å². The molecule has 1 aliphatic rings. The molecule has 5 heteroatoms. The molecule has 1 fully saturated rings. The van der Waals surface area contributed by atoms with E-state index in [4.69, 9.17) is 0 Å². The van der Waals surface area contributed by atoms with Gasteiger partial charge in [-0.2, -0.15) is 0 Å². The Kier molecular flexibility index (Phi) is 5.25. The van der Waals surface area contributed by atoms with Crippen LogP contribution in [0.3, 0.4) is 0 Å². The average Bonchev–Trinajstić information content (AvgIpc) is 2.28. The second-order valence-corrected chi connectivity index (χ2v) is 4.12. The summed E-state index contributed by atoms with van der Waals surface area (Å²) in [6, 6.07) is 0.360. The number of nitrogens with zero attached hydrogens (tertiary/aromatic N) is 1. The topological polar surface area (TPSA) is 58.6 Å². The maximum Gasteiger partial charge on any atom is 0.305 e. The lowest BCUT2D eigenvalue weighted by Gasteiger charge is -2.31. The lowest BCUT2D eigenvalue weighted by atomic mass is 10.2. The Balaban J connectivity index is 2.21. The number of hydrogen-bond donors (Lipinski definition) is 1. The van der Waals surface area contributed by atoms with Gasteiger partial charge in [0.25, 0.3) is 0 Å². The number of nitrogens with one attached hydrogen (secondary N) is 1. The number of carbonyl (C=O) groups is 2.